The van der Waals surface area contributed by atoms with Gasteiger partial charge in [-0.25, -0.2) is 0 Å². The fourth-order valence-electron chi connectivity index (χ4n) is 1.63. The van der Waals surface area contributed by atoms with Gasteiger partial charge < -0.3 is 24.4 Å². The van der Waals surface area contributed by atoms with Gasteiger partial charge in [-0.1, -0.05) is 13.8 Å². The summed E-state index contributed by atoms with van der Waals surface area (Å²) in [5, 5.41) is 18.3. The molecule has 1 aromatic rings. The molecule has 0 aromatic heterocycles. The van der Waals surface area contributed by atoms with Crippen LogP contribution in [0.25, 0.3) is 0 Å². The third-order valence-corrected chi connectivity index (χ3v) is 2.40. The van der Waals surface area contributed by atoms with Crippen molar-refractivity contribution in [3.63, 3.8) is 0 Å². The van der Waals surface area contributed by atoms with Crippen molar-refractivity contribution in [3.8, 4) is 11.5 Å². The summed E-state index contributed by atoms with van der Waals surface area (Å²) in [4.78, 5) is 1.98. The van der Waals surface area contributed by atoms with Crippen molar-refractivity contribution in [1.29, 1.82) is 0 Å². The van der Waals surface area contributed by atoms with Crippen LogP contribution in [0.3, 0.4) is 0 Å². The Bertz CT molecular complexity index is 358. The minimum atomic E-state index is -1.54. The van der Waals surface area contributed by atoms with E-state index in [4.69, 9.17) is 9.47 Å². The maximum Gasteiger partial charge on any atom is 0.488 e. The maximum atomic E-state index is 9.17. The molecule has 0 atom stereocenters. The first kappa shape index (κ1) is 17.8. The lowest BCUT2D eigenvalue weighted by Gasteiger charge is -2.18. The molecule has 1 aromatic carbocycles. The van der Waals surface area contributed by atoms with Gasteiger partial charge in [0.1, 0.15) is 11.5 Å². The molecule has 0 saturated heterocycles. The molecule has 5 nitrogen and oxygen atoms in total. The van der Waals surface area contributed by atoms with Crippen LogP contribution >= 0.6 is 0 Å². The second-order valence-corrected chi connectivity index (χ2v) is 4.02. The molecule has 0 amide bonds. The molecular formula is C13H24BNO4. The zero-order valence-corrected chi connectivity index (χ0v) is 12.6. The Hall–Kier alpha value is -1.24. The van der Waals surface area contributed by atoms with Crippen molar-refractivity contribution in [2.24, 2.45) is 0 Å². The van der Waals surface area contributed by atoms with Crippen molar-refractivity contribution >= 4 is 12.6 Å². The van der Waals surface area contributed by atoms with Crippen LogP contribution in [-0.4, -0.2) is 50.4 Å². The molecule has 0 aliphatic rings. The molecule has 0 aliphatic heterocycles. The molecule has 0 saturated carbocycles. The number of hydrogen-bond donors (Lipinski definition) is 2. The Morgan fingerprint density at radius 1 is 1.05 bits per heavy atom. The highest BCUT2D eigenvalue weighted by atomic mass is 16.5. The van der Waals surface area contributed by atoms with Crippen LogP contribution in [0.2, 0.25) is 0 Å². The first-order chi connectivity index (χ1) is 8.99. The van der Waals surface area contributed by atoms with Gasteiger partial charge in [-0.15, -0.1) is 0 Å². The maximum absolute atomic E-state index is 9.17. The zero-order valence-electron chi connectivity index (χ0n) is 12.6. The lowest BCUT2D eigenvalue weighted by molar-refractivity contribution is 0.348. The number of hydrogen-bond acceptors (Lipinski definition) is 5. The average Bonchev–Trinajstić information content (AvgIpc) is 2.40. The van der Waals surface area contributed by atoms with Crippen molar-refractivity contribution < 1.29 is 19.5 Å². The molecule has 0 spiro atoms. The fraction of sp³-hybridized carbons (Fsp3) is 0.538. The summed E-state index contributed by atoms with van der Waals surface area (Å²) in [6.45, 7) is 4.65. The number of ether oxygens (including phenoxy) is 2. The van der Waals surface area contributed by atoms with Crippen LogP contribution in [0.4, 0.5) is 0 Å². The van der Waals surface area contributed by atoms with Gasteiger partial charge in [0, 0.05) is 6.54 Å². The third kappa shape index (κ3) is 5.10. The van der Waals surface area contributed by atoms with E-state index in [0.29, 0.717) is 23.5 Å². The smallest absolute Gasteiger partial charge is 0.488 e. The van der Waals surface area contributed by atoms with Crippen LogP contribution in [0.5, 0.6) is 11.5 Å². The van der Waals surface area contributed by atoms with E-state index in [2.05, 4.69) is 0 Å². The normalized spacial score (nSPS) is 9.74. The van der Waals surface area contributed by atoms with Crippen molar-refractivity contribution in [2.45, 2.75) is 20.4 Å². The monoisotopic (exact) mass is 269 g/mol. The predicted octanol–water partition coefficient (Wildman–Crippen LogP) is 0.471. The molecule has 2 N–H and O–H groups in total. The van der Waals surface area contributed by atoms with E-state index < -0.39 is 7.12 Å². The molecule has 19 heavy (non-hydrogen) atoms. The highest BCUT2D eigenvalue weighted by molar-refractivity contribution is 6.58. The van der Waals surface area contributed by atoms with E-state index in [-0.39, 0.29) is 0 Å². The Morgan fingerprint density at radius 3 is 1.74 bits per heavy atom. The lowest BCUT2D eigenvalue weighted by atomic mass is 9.79. The van der Waals surface area contributed by atoms with E-state index in [1.165, 1.54) is 0 Å². The second-order valence-electron chi connectivity index (χ2n) is 4.02. The minimum Gasteiger partial charge on any atom is -0.496 e. The van der Waals surface area contributed by atoms with Crippen molar-refractivity contribution in [2.75, 3.05) is 28.3 Å². The highest BCUT2D eigenvalue weighted by Crippen LogP contribution is 2.28. The third-order valence-electron chi connectivity index (χ3n) is 2.40. The standard InChI is InChI=1S/C11H18BNO4.C2H6/c1-13(2)7-9-10(16-3)5-8(12(14)15)6-11(9)17-4;1-2/h5-6,14-15H,7H2,1-4H3;1-2H3. The summed E-state index contributed by atoms with van der Waals surface area (Å²) in [6, 6.07) is 3.21. The van der Waals surface area contributed by atoms with E-state index in [9.17, 15) is 10.0 Å². The molecule has 0 radical (unpaired) electrons. The van der Waals surface area contributed by atoms with E-state index >= 15 is 0 Å². The van der Waals surface area contributed by atoms with Crippen LogP contribution < -0.4 is 14.9 Å². The van der Waals surface area contributed by atoms with Crippen molar-refractivity contribution in [1.82, 2.24) is 4.90 Å². The van der Waals surface area contributed by atoms with Gasteiger partial charge in [0.25, 0.3) is 0 Å². The molecular weight excluding hydrogens is 245 g/mol. The van der Waals surface area contributed by atoms with Crippen LogP contribution in [0.1, 0.15) is 19.4 Å². The van der Waals surface area contributed by atoms with Gasteiger partial charge in [0.15, 0.2) is 0 Å². The number of rotatable bonds is 5. The molecule has 0 unspecified atom stereocenters. The molecule has 108 valence electrons. The summed E-state index contributed by atoms with van der Waals surface area (Å²) >= 11 is 0. The van der Waals surface area contributed by atoms with Crippen molar-refractivity contribution in [3.05, 3.63) is 17.7 Å². The molecule has 0 heterocycles. The summed E-state index contributed by atoms with van der Waals surface area (Å²) in [5.41, 5.74) is 1.23. The zero-order chi connectivity index (χ0) is 15.0. The molecule has 1 rings (SSSR count). The fourth-order valence-corrected chi connectivity index (χ4v) is 1.63. The number of nitrogens with zero attached hydrogens (tertiary/aromatic N) is 1. The van der Waals surface area contributed by atoms with Crippen LogP contribution in [0, 0.1) is 0 Å². The predicted molar refractivity (Wildman–Crippen MR) is 78.1 cm³/mol. The quantitative estimate of drug-likeness (QED) is 0.761. The highest BCUT2D eigenvalue weighted by Gasteiger charge is 2.19. The Kier molecular flexibility index (Phi) is 8.22. The molecule has 0 fully saturated rings. The molecule has 0 aliphatic carbocycles. The largest absolute Gasteiger partial charge is 0.496 e. The van der Waals surface area contributed by atoms with Gasteiger partial charge in [0.2, 0.25) is 0 Å². The summed E-state index contributed by atoms with van der Waals surface area (Å²) < 4.78 is 10.5. The van der Waals surface area contributed by atoms with E-state index in [1.54, 1.807) is 26.4 Å². The van der Waals surface area contributed by atoms with Crippen LogP contribution in [-0.2, 0) is 6.54 Å². The second kappa shape index (κ2) is 8.80. The van der Waals surface area contributed by atoms with Gasteiger partial charge in [-0.3, -0.25) is 0 Å². The summed E-state index contributed by atoms with van der Waals surface area (Å²) in [7, 11) is 5.43. The number of methoxy groups -OCH3 is 2. The first-order valence-corrected chi connectivity index (χ1v) is 6.25. The van der Waals surface area contributed by atoms with Gasteiger partial charge in [-0.05, 0) is 31.7 Å². The van der Waals surface area contributed by atoms with Gasteiger partial charge in [-0.2, -0.15) is 0 Å². The van der Waals surface area contributed by atoms with Gasteiger partial charge in [0.05, 0.1) is 19.8 Å². The lowest BCUT2D eigenvalue weighted by Crippen LogP contribution is -2.30. The summed E-state index contributed by atoms with van der Waals surface area (Å²) in [5.74, 6) is 1.17. The molecule has 0 bridgehead atoms. The Balaban J connectivity index is 0.00000154. The number of benzene rings is 1. The Labute approximate surface area is 115 Å². The topological polar surface area (TPSA) is 62.2 Å². The molecule has 6 heteroatoms. The average molecular weight is 269 g/mol. The first-order valence-electron chi connectivity index (χ1n) is 6.25. The minimum absolute atomic E-state index is 0.348. The van der Waals surface area contributed by atoms with Crippen LogP contribution in [0.15, 0.2) is 12.1 Å². The SMILES string of the molecule is CC.COc1cc(B(O)O)cc(OC)c1CN(C)C. The van der Waals surface area contributed by atoms with E-state index in [0.717, 1.165) is 5.56 Å². The summed E-state index contributed by atoms with van der Waals surface area (Å²) in [6.07, 6.45) is 0. The van der Waals surface area contributed by atoms with Gasteiger partial charge >= 0.3 is 7.12 Å². The Morgan fingerprint density at radius 2 is 1.47 bits per heavy atom. The van der Waals surface area contributed by atoms with E-state index in [1.807, 2.05) is 32.8 Å².